The molecule has 1 aromatic carbocycles. The minimum absolute atomic E-state index is 0.454. The van der Waals surface area contributed by atoms with E-state index in [4.69, 9.17) is 26.2 Å². The molecular weight excluding hydrogens is 385 g/mol. The molecule has 5 nitrogen and oxygen atoms in total. The van der Waals surface area contributed by atoms with Gasteiger partial charge in [0.15, 0.2) is 0 Å². The monoisotopic (exact) mass is 408 g/mol. The molecule has 2 aliphatic heterocycles. The first-order chi connectivity index (χ1) is 12.8. The van der Waals surface area contributed by atoms with Crippen molar-refractivity contribution in [3.63, 3.8) is 0 Å². The molecule has 0 aliphatic carbocycles. The molecule has 1 atom stereocenters. The smallest absolute Gasteiger partial charge is 0.475 e. The van der Waals surface area contributed by atoms with Crippen molar-refractivity contribution in [1.82, 2.24) is 4.90 Å². The number of alkyl halides is 3. The van der Waals surface area contributed by atoms with Crippen LogP contribution < -0.4 is 4.90 Å². The summed E-state index contributed by atoms with van der Waals surface area (Å²) in [6.45, 7) is 6.35. The highest BCUT2D eigenvalue weighted by atomic mass is 35.5. The van der Waals surface area contributed by atoms with Gasteiger partial charge in [-0.25, -0.2) is 4.79 Å². The lowest BCUT2D eigenvalue weighted by Gasteiger charge is -2.38. The third kappa shape index (κ3) is 7.20. The maximum absolute atomic E-state index is 10.6. The zero-order valence-electron chi connectivity index (χ0n) is 14.9. The maximum atomic E-state index is 10.6. The van der Waals surface area contributed by atoms with Gasteiger partial charge in [-0.3, -0.25) is 4.90 Å². The number of anilines is 1. The van der Waals surface area contributed by atoms with Gasteiger partial charge in [-0.05, 0) is 31.4 Å². The van der Waals surface area contributed by atoms with E-state index in [0.717, 1.165) is 44.4 Å². The summed E-state index contributed by atoms with van der Waals surface area (Å²) >= 11 is 6.27. The molecule has 2 saturated heterocycles. The Balaban J connectivity index is 0.000000321. The van der Waals surface area contributed by atoms with Crippen molar-refractivity contribution in [2.75, 3.05) is 44.2 Å². The lowest BCUT2D eigenvalue weighted by molar-refractivity contribution is -0.192. The maximum Gasteiger partial charge on any atom is 0.490 e. The van der Waals surface area contributed by atoms with Gasteiger partial charge in [0.25, 0.3) is 0 Å². The number of hydrogen-bond acceptors (Lipinski definition) is 4. The Morgan fingerprint density at radius 3 is 2.33 bits per heavy atom. The number of carboxylic acid groups (broad SMARTS) is 1. The molecule has 3 rings (SSSR count). The zero-order chi connectivity index (χ0) is 19.9. The van der Waals surface area contributed by atoms with Crippen LogP contribution in [-0.2, 0) is 9.53 Å². The number of benzene rings is 1. The van der Waals surface area contributed by atoms with E-state index in [9.17, 15) is 13.2 Å². The molecule has 0 amide bonds. The first-order valence-electron chi connectivity index (χ1n) is 8.91. The molecule has 1 unspecified atom stereocenters. The first kappa shape index (κ1) is 21.8. The summed E-state index contributed by atoms with van der Waals surface area (Å²) in [6.07, 6.45) is -0.846. The van der Waals surface area contributed by atoms with Gasteiger partial charge < -0.3 is 14.7 Å². The number of piperazine rings is 1. The molecule has 0 bridgehead atoms. The summed E-state index contributed by atoms with van der Waals surface area (Å²) in [7, 11) is 0. The van der Waals surface area contributed by atoms with Crippen molar-refractivity contribution in [2.45, 2.75) is 31.5 Å². The largest absolute Gasteiger partial charge is 0.490 e. The highest BCUT2D eigenvalue weighted by Gasteiger charge is 2.38. The highest BCUT2D eigenvalue weighted by molar-refractivity contribution is 6.33. The fraction of sp³-hybridized carbons (Fsp3) is 0.611. The minimum Gasteiger partial charge on any atom is -0.475 e. The molecule has 0 aromatic heterocycles. The van der Waals surface area contributed by atoms with Crippen LogP contribution in [0, 0.1) is 0 Å². The second-order valence-electron chi connectivity index (χ2n) is 6.53. The van der Waals surface area contributed by atoms with E-state index in [2.05, 4.69) is 21.9 Å². The molecule has 9 heteroatoms. The predicted octanol–water partition coefficient (Wildman–Crippen LogP) is 3.66. The van der Waals surface area contributed by atoms with E-state index in [1.807, 2.05) is 12.1 Å². The molecule has 2 aliphatic rings. The molecular formula is C18H24ClF3N2O3. The number of ether oxygens (including phenoxy) is 1. The average Bonchev–Trinajstić information content (AvgIpc) is 2.64. The fourth-order valence-electron chi connectivity index (χ4n) is 3.12. The lowest BCUT2D eigenvalue weighted by Crippen LogP contribution is -2.49. The van der Waals surface area contributed by atoms with Gasteiger partial charge in [-0.2, -0.15) is 13.2 Å². The number of rotatable bonds is 3. The Morgan fingerprint density at radius 1 is 1.19 bits per heavy atom. The van der Waals surface area contributed by atoms with Gasteiger partial charge in [0.05, 0.1) is 16.8 Å². The number of carboxylic acids is 1. The molecule has 2 fully saturated rings. The minimum atomic E-state index is -5.08. The van der Waals surface area contributed by atoms with Crippen molar-refractivity contribution in [3.05, 3.63) is 29.3 Å². The second kappa shape index (κ2) is 10.1. The Morgan fingerprint density at radius 2 is 1.81 bits per heavy atom. The van der Waals surface area contributed by atoms with Crippen LogP contribution >= 0.6 is 11.6 Å². The number of aliphatic carboxylic acids is 1. The SMILES string of the molecule is Clc1ccccc1N1CCN(CC2CCCCO2)CC1.O=C(O)C(F)(F)F. The lowest BCUT2D eigenvalue weighted by atomic mass is 10.1. The Bertz CT molecular complexity index is 602. The van der Waals surface area contributed by atoms with Crippen molar-refractivity contribution >= 4 is 23.3 Å². The molecule has 27 heavy (non-hydrogen) atoms. The van der Waals surface area contributed by atoms with E-state index < -0.39 is 12.1 Å². The van der Waals surface area contributed by atoms with Crippen LogP contribution in [0.2, 0.25) is 5.02 Å². The van der Waals surface area contributed by atoms with Gasteiger partial charge in [0.2, 0.25) is 0 Å². The third-order valence-corrected chi connectivity index (χ3v) is 4.86. The van der Waals surface area contributed by atoms with Crippen molar-refractivity contribution < 1.29 is 27.8 Å². The van der Waals surface area contributed by atoms with E-state index in [-0.39, 0.29) is 0 Å². The van der Waals surface area contributed by atoms with Gasteiger partial charge in [0, 0.05) is 39.3 Å². The summed E-state index contributed by atoms with van der Waals surface area (Å²) in [5.41, 5.74) is 1.17. The summed E-state index contributed by atoms with van der Waals surface area (Å²) in [5, 5.41) is 7.98. The summed E-state index contributed by atoms with van der Waals surface area (Å²) < 4.78 is 37.6. The first-order valence-corrected chi connectivity index (χ1v) is 9.28. The van der Waals surface area contributed by atoms with E-state index >= 15 is 0 Å². The van der Waals surface area contributed by atoms with Crippen LogP contribution in [0.15, 0.2) is 24.3 Å². The van der Waals surface area contributed by atoms with Crippen LogP contribution in [0.4, 0.5) is 18.9 Å². The fourth-order valence-corrected chi connectivity index (χ4v) is 3.37. The van der Waals surface area contributed by atoms with E-state index in [1.165, 1.54) is 24.9 Å². The van der Waals surface area contributed by atoms with Crippen LogP contribution in [0.5, 0.6) is 0 Å². The van der Waals surface area contributed by atoms with Gasteiger partial charge in [0.1, 0.15) is 0 Å². The molecule has 0 radical (unpaired) electrons. The Labute approximate surface area is 161 Å². The Kier molecular flexibility index (Phi) is 8.19. The van der Waals surface area contributed by atoms with Crippen molar-refractivity contribution in [2.24, 2.45) is 0 Å². The quantitative estimate of drug-likeness (QED) is 0.827. The second-order valence-corrected chi connectivity index (χ2v) is 6.94. The van der Waals surface area contributed by atoms with E-state index in [1.54, 1.807) is 0 Å². The zero-order valence-corrected chi connectivity index (χ0v) is 15.7. The van der Waals surface area contributed by atoms with Crippen LogP contribution in [0.25, 0.3) is 0 Å². The molecule has 0 saturated carbocycles. The third-order valence-electron chi connectivity index (χ3n) is 4.54. The number of nitrogens with zero attached hydrogens (tertiary/aromatic N) is 2. The summed E-state index contributed by atoms with van der Waals surface area (Å²) in [5.74, 6) is -2.76. The predicted molar refractivity (Wildman–Crippen MR) is 97.4 cm³/mol. The average molecular weight is 409 g/mol. The Hall–Kier alpha value is -1.51. The molecule has 152 valence electrons. The molecule has 1 aromatic rings. The van der Waals surface area contributed by atoms with Gasteiger partial charge >= 0.3 is 12.1 Å². The van der Waals surface area contributed by atoms with Crippen molar-refractivity contribution in [3.8, 4) is 0 Å². The topological polar surface area (TPSA) is 53.0 Å². The number of halogens is 4. The summed E-state index contributed by atoms with van der Waals surface area (Å²) in [4.78, 5) is 13.8. The molecule has 0 spiro atoms. The molecule has 1 N–H and O–H groups in total. The van der Waals surface area contributed by atoms with Crippen LogP contribution in [-0.4, -0.2) is 67.6 Å². The number of para-hydroxylation sites is 1. The summed E-state index contributed by atoms with van der Waals surface area (Å²) in [6, 6.07) is 8.13. The number of carbonyl (C=O) groups is 1. The standard InChI is InChI=1S/C16H23ClN2O.C2HF3O2/c17-15-6-1-2-7-16(15)19-10-8-18(9-11-19)13-14-5-3-4-12-20-14;3-2(4,5)1(6)7/h1-2,6-7,14H,3-5,8-13H2;(H,6,7). The van der Waals surface area contributed by atoms with E-state index in [0.29, 0.717) is 6.10 Å². The number of hydrogen-bond donors (Lipinski definition) is 1. The van der Waals surface area contributed by atoms with Gasteiger partial charge in [-0.15, -0.1) is 0 Å². The normalized spacial score (nSPS) is 21.3. The highest BCUT2D eigenvalue weighted by Crippen LogP contribution is 2.26. The van der Waals surface area contributed by atoms with Gasteiger partial charge in [-0.1, -0.05) is 23.7 Å². The molecule has 2 heterocycles. The van der Waals surface area contributed by atoms with Crippen LogP contribution in [0.1, 0.15) is 19.3 Å². The van der Waals surface area contributed by atoms with Crippen LogP contribution in [0.3, 0.4) is 0 Å². The van der Waals surface area contributed by atoms with Crippen molar-refractivity contribution in [1.29, 1.82) is 0 Å².